The van der Waals surface area contributed by atoms with Gasteiger partial charge in [-0.25, -0.2) is 9.13 Å². The Morgan fingerprint density at radius 1 is 0.274 bits per heavy atom. The van der Waals surface area contributed by atoms with Crippen molar-refractivity contribution in [3.63, 3.8) is 0 Å². The summed E-state index contributed by atoms with van der Waals surface area (Å²) in [7, 11) is -9.98. The van der Waals surface area contributed by atoms with E-state index in [9.17, 15) is 43.2 Å². The molecule has 608 valence electrons. The molecular formula is C87H148O17P2. The monoisotopic (exact) mass is 1530 g/mol. The fraction of sp³-hybridized carbons (Fsp3) is 0.701. The van der Waals surface area contributed by atoms with Crippen LogP contribution in [0.25, 0.3) is 0 Å². The molecule has 0 aliphatic carbocycles. The molecule has 0 fully saturated rings. The molecule has 0 aromatic carbocycles. The zero-order valence-corrected chi connectivity index (χ0v) is 68.4. The Balaban J connectivity index is 5.37. The molecule has 0 aromatic rings. The number of hydrogen-bond acceptors (Lipinski definition) is 15. The maximum atomic E-state index is 13.1. The molecule has 0 saturated heterocycles. The molecule has 0 aliphatic heterocycles. The fourth-order valence-corrected chi connectivity index (χ4v) is 12.4. The Hall–Kier alpha value is -4.80. The van der Waals surface area contributed by atoms with Gasteiger partial charge in [-0.15, -0.1) is 0 Å². The highest BCUT2D eigenvalue weighted by molar-refractivity contribution is 7.47. The number of aliphatic hydroxyl groups excluding tert-OH is 1. The molecule has 5 unspecified atom stereocenters. The van der Waals surface area contributed by atoms with Crippen molar-refractivity contribution in [3.8, 4) is 0 Å². The van der Waals surface area contributed by atoms with Crippen molar-refractivity contribution in [2.45, 2.75) is 354 Å². The van der Waals surface area contributed by atoms with Crippen molar-refractivity contribution in [2.24, 2.45) is 0 Å². The minimum atomic E-state index is -4.99. The predicted octanol–water partition coefficient (Wildman–Crippen LogP) is 24.4. The van der Waals surface area contributed by atoms with Crippen molar-refractivity contribution in [3.05, 3.63) is 134 Å². The van der Waals surface area contributed by atoms with Gasteiger partial charge in [0, 0.05) is 25.7 Å². The molecule has 17 nitrogen and oxygen atoms in total. The molecule has 0 aromatic heterocycles. The fourth-order valence-electron chi connectivity index (χ4n) is 10.9. The van der Waals surface area contributed by atoms with E-state index in [4.69, 9.17) is 37.0 Å². The quantitative estimate of drug-likeness (QED) is 0.0169. The van der Waals surface area contributed by atoms with Crippen LogP contribution in [0, 0.1) is 0 Å². The maximum Gasteiger partial charge on any atom is 0.472 e. The Labute approximate surface area is 644 Å². The van der Waals surface area contributed by atoms with Crippen LogP contribution in [0.1, 0.15) is 336 Å². The number of carbonyl (C=O) groups excluding carboxylic acids is 4. The van der Waals surface area contributed by atoms with Crippen LogP contribution in [0.4, 0.5) is 0 Å². The topological polar surface area (TPSA) is 237 Å². The SMILES string of the molecule is CC/C=C\C/C=C\C/C=C\C/C=C\CCCCCCCCC(=O)OCC(COP(=O)(O)OCC(O)COP(=O)(O)OCC(COC(=O)CCCCCCCC/C=C\C/C=C\C/C=C\CCCCC)OC(=O)CCCCCC/C=C\C/C=C\C/C=C\C/C=C\CC)OC(=O)CCCCCCCCCCCCC. The zero-order valence-electron chi connectivity index (χ0n) is 66.6. The van der Waals surface area contributed by atoms with Crippen LogP contribution in [0.5, 0.6) is 0 Å². The van der Waals surface area contributed by atoms with Gasteiger partial charge in [-0.1, -0.05) is 303 Å². The minimum absolute atomic E-state index is 0.0614. The molecule has 3 N–H and O–H groups in total. The van der Waals surface area contributed by atoms with Crippen LogP contribution < -0.4 is 0 Å². The van der Waals surface area contributed by atoms with Crippen LogP contribution in [0.2, 0.25) is 0 Å². The van der Waals surface area contributed by atoms with Gasteiger partial charge in [-0.05, 0) is 141 Å². The van der Waals surface area contributed by atoms with Crippen LogP contribution in [0.3, 0.4) is 0 Å². The molecule has 5 atom stereocenters. The lowest BCUT2D eigenvalue weighted by Gasteiger charge is -2.21. The van der Waals surface area contributed by atoms with Crippen LogP contribution in [-0.4, -0.2) is 96.7 Å². The maximum absolute atomic E-state index is 13.1. The number of phosphoric ester groups is 2. The van der Waals surface area contributed by atoms with Crippen LogP contribution in [0.15, 0.2) is 134 Å². The van der Waals surface area contributed by atoms with Gasteiger partial charge in [0.1, 0.15) is 19.3 Å². The summed E-state index contributed by atoms with van der Waals surface area (Å²) in [5.74, 6) is -2.22. The van der Waals surface area contributed by atoms with Crippen molar-refractivity contribution in [1.82, 2.24) is 0 Å². The lowest BCUT2D eigenvalue weighted by molar-refractivity contribution is -0.161. The van der Waals surface area contributed by atoms with Crippen LogP contribution >= 0.6 is 15.6 Å². The lowest BCUT2D eigenvalue weighted by Crippen LogP contribution is -2.30. The molecule has 0 aliphatic rings. The summed E-state index contributed by atoms with van der Waals surface area (Å²) in [6.07, 6.45) is 88.5. The molecule has 0 radical (unpaired) electrons. The second-order valence-corrected chi connectivity index (χ2v) is 30.2. The van der Waals surface area contributed by atoms with E-state index in [1.165, 1.54) is 57.8 Å². The largest absolute Gasteiger partial charge is 0.472 e. The number of unbranched alkanes of at least 4 members (excludes halogenated alkanes) is 29. The Kier molecular flexibility index (Phi) is 74.8. The summed E-state index contributed by atoms with van der Waals surface area (Å²) in [5, 5.41) is 10.7. The summed E-state index contributed by atoms with van der Waals surface area (Å²) in [6, 6.07) is 0. The summed E-state index contributed by atoms with van der Waals surface area (Å²) in [5.41, 5.74) is 0. The van der Waals surface area contributed by atoms with E-state index < -0.39 is 97.5 Å². The van der Waals surface area contributed by atoms with E-state index in [-0.39, 0.29) is 25.7 Å². The van der Waals surface area contributed by atoms with Crippen molar-refractivity contribution in [1.29, 1.82) is 0 Å². The van der Waals surface area contributed by atoms with E-state index >= 15 is 0 Å². The van der Waals surface area contributed by atoms with E-state index in [0.717, 1.165) is 199 Å². The number of carbonyl (C=O) groups is 4. The zero-order chi connectivity index (χ0) is 77.4. The molecule has 106 heavy (non-hydrogen) atoms. The summed E-state index contributed by atoms with van der Waals surface area (Å²) in [4.78, 5) is 73.1. The van der Waals surface area contributed by atoms with Gasteiger partial charge in [0.05, 0.1) is 26.4 Å². The van der Waals surface area contributed by atoms with Crippen molar-refractivity contribution < 1.29 is 80.2 Å². The third-order valence-corrected chi connectivity index (χ3v) is 19.0. The molecule has 0 rings (SSSR count). The third-order valence-electron chi connectivity index (χ3n) is 17.1. The highest BCUT2D eigenvalue weighted by Crippen LogP contribution is 2.45. The van der Waals surface area contributed by atoms with Crippen molar-refractivity contribution >= 4 is 39.5 Å². The first kappa shape index (κ1) is 101. The molecular weight excluding hydrogens is 1380 g/mol. The van der Waals surface area contributed by atoms with E-state index in [0.29, 0.717) is 25.7 Å². The van der Waals surface area contributed by atoms with Gasteiger partial charge >= 0.3 is 39.5 Å². The number of phosphoric acid groups is 2. The smallest absolute Gasteiger partial charge is 0.462 e. The number of ether oxygens (including phenoxy) is 4. The third kappa shape index (κ3) is 77.4. The predicted molar refractivity (Wildman–Crippen MR) is 436 cm³/mol. The molecule has 0 amide bonds. The molecule has 0 spiro atoms. The number of rotatable bonds is 77. The van der Waals surface area contributed by atoms with Gasteiger partial charge in [0.15, 0.2) is 12.2 Å². The number of aliphatic hydroxyl groups is 1. The van der Waals surface area contributed by atoms with Gasteiger partial charge in [0.2, 0.25) is 0 Å². The normalized spacial score (nSPS) is 14.5. The van der Waals surface area contributed by atoms with Gasteiger partial charge < -0.3 is 33.8 Å². The van der Waals surface area contributed by atoms with E-state index in [2.05, 4.69) is 161 Å². The van der Waals surface area contributed by atoms with Crippen molar-refractivity contribution in [2.75, 3.05) is 39.6 Å². The minimum Gasteiger partial charge on any atom is -0.462 e. The second kappa shape index (κ2) is 78.3. The molecule has 19 heteroatoms. The standard InChI is InChI=1S/C87H148O17P2/c1-5-9-13-17-21-25-29-32-35-38-40-43-45-48-52-55-59-63-67-71-84(89)97-77-82(103-86(91)73-69-65-61-57-51-28-24-20-16-12-8-4)79-101-105(93,94)99-75-81(88)76-100-106(95,96)102-80-83(104-87(92)74-70-66-62-58-54-50-47-42-37-34-31-27-23-19-15-11-7-3)78-98-85(90)72-68-64-60-56-53-49-46-44-41-39-36-33-30-26-22-18-14-10-6-2/h9,11,13,15,21-23,25-27,32-37,40-41,43-44,47,50,81-83,88H,5-8,10,12,14,16-20,24,28-31,38-39,42,45-46,48-49,51-80H2,1-4H3,(H,93,94)(H,95,96)/b13-9-,15-11-,25-21-,26-22-,27-23-,35-32-,36-33-,37-34-,43-40-,44-41-,50-47-. The Morgan fingerprint density at radius 2 is 0.491 bits per heavy atom. The number of esters is 4. The Morgan fingerprint density at radius 3 is 0.774 bits per heavy atom. The molecule has 0 bridgehead atoms. The average molecular weight is 1530 g/mol. The summed E-state index contributed by atoms with van der Waals surface area (Å²) < 4.78 is 68.7. The van der Waals surface area contributed by atoms with Gasteiger partial charge in [-0.2, -0.15) is 0 Å². The van der Waals surface area contributed by atoms with Crippen LogP contribution in [-0.2, 0) is 65.4 Å². The number of hydrogen-bond donors (Lipinski definition) is 3. The number of allylic oxidation sites excluding steroid dienone is 22. The first-order chi connectivity index (χ1) is 51.7. The molecule has 0 heterocycles. The first-order valence-corrected chi connectivity index (χ1v) is 44.4. The molecule has 0 saturated carbocycles. The first-order valence-electron chi connectivity index (χ1n) is 41.4. The van der Waals surface area contributed by atoms with E-state index in [1.807, 2.05) is 0 Å². The highest BCUT2D eigenvalue weighted by Gasteiger charge is 2.30. The Bertz CT molecular complexity index is 2530. The van der Waals surface area contributed by atoms with Gasteiger partial charge in [0.25, 0.3) is 0 Å². The van der Waals surface area contributed by atoms with E-state index in [1.54, 1.807) is 0 Å². The summed E-state index contributed by atoms with van der Waals surface area (Å²) >= 11 is 0. The average Bonchev–Trinajstić information content (AvgIpc) is 0.901. The second-order valence-electron chi connectivity index (χ2n) is 27.3. The summed E-state index contributed by atoms with van der Waals surface area (Å²) in [6.45, 7) is 4.59. The highest BCUT2D eigenvalue weighted by atomic mass is 31.2. The van der Waals surface area contributed by atoms with Gasteiger partial charge in [-0.3, -0.25) is 37.3 Å². The lowest BCUT2D eigenvalue weighted by atomic mass is 10.1.